The zero-order valence-corrected chi connectivity index (χ0v) is 12.3. The average Bonchev–Trinajstić information content (AvgIpc) is 2.62. The molecule has 1 fully saturated rings. The Hall–Kier alpha value is -0.0451. The molecule has 10 heteroatoms. The van der Waals surface area contributed by atoms with Gasteiger partial charge < -0.3 is 25.2 Å². The molecular formula is C9H18BN2O5PS. The third-order valence-corrected chi connectivity index (χ3v) is 3.63. The summed E-state index contributed by atoms with van der Waals surface area (Å²) in [6.07, 6.45) is -0.924. The maximum Gasteiger partial charge on any atom is 0.325 e. The van der Waals surface area contributed by atoms with Crippen molar-refractivity contribution in [1.29, 1.82) is 0 Å². The first-order valence-corrected chi connectivity index (χ1v) is 8.42. The average molecular weight is 308 g/mol. The molecule has 0 aromatic carbocycles. The maximum absolute atomic E-state index is 11.5. The molecular weight excluding hydrogens is 290 g/mol. The first-order chi connectivity index (χ1) is 8.73. The lowest BCUT2D eigenvalue weighted by molar-refractivity contribution is -0.122. The molecule has 1 aliphatic heterocycles. The summed E-state index contributed by atoms with van der Waals surface area (Å²) in [5, 5.41) is 2.57. The van der Waals surface area contributed by atoms with Crippen LogP contribution in [0.5, 0.6) is 0 Å². The topological polar surface area (TPSA) is 111 Å². The van der Waals surface area contributed by atoms with Crippen LogP contribution < -0.4 is 11.1 Å². The van der Waals surface area contributed by atoms with E-state index in [4.69, 9.17) is 22.8 Å². The van der Waals surface area contributed by atoms with Crippen LogP contribution in [0.15, 0.2) is 0 Å². The van der Waals surface area contributed by atoms with Crippen molar-refractivity contribution >= 4 is 34.0 Å². The maximum atomic E-state index is 11.5. The number of ether oxygens (including phenoxy) is 1. The lowest BCUT2D eigenvalue weighted by Crippen LogP contribution is -2.46. The first kappa shape index (κ1) is 17.0. The van der Waals surface area contributed by atoms with Gasteiger partial charge in [0.15, 0.2) is 0 Å². The van der Waals surface area contributed by atoms with Crippen molar-refractivity contribution in [2.75, 3.05) is 19.0 Å². The lowest BCUT2D eigenvalue weighted by atomic mass is 9.96. The SMILES string of the molecule is [B]C1CC(OP(C)(=O)O)C(CNC(=O)C(N)CS)O1. The number of nitrogens with one attached hydrogen (secondary N) is 1. The number of nitrogens with two attached hydrogens (primary N) is 1. The van der Waals surface area contributed by atoms with Gasteiger partial charge in [-0.3, -0.25) is 9.36 Å². The van der Waals surface area contributed by atoms with Gasteiger partial charge in [-0.15, -0.1) is 0 Å². The van der Waals surface area contributed by atoms with Gasteiger partial charge in [-0.05, 0) is 6.42 Å². The van der Waals surface area contributed by atoms with Gasteiger partial charge in [0, 0.05) is 25.0 Å². The minimum atomic E-state index is -3.64. The van der Waals surface area contributed by atoms with Gasteiger partial charge in [0.2, 0.25) is 5.91 Å². The van der Waals surface area contributed by atoms with Crippen LogP contribution in [-0.4, -0.2) is 61.9 Å². The number of rotatable bonds is 6. The van der Waals surface area contributed by atoms with E-state index in [2.05, 4.69) is 17.9 Å². The summed E-state index contributed by atoms with van der Waals surface area (Å²) in [5.41, 5.74) is 5.50. The number of carbonyl (C=O) groups excluding carboxylic acids is 1. The molecule has 1 heterocycles. The minimum absolute atomic E-state index is 0.110. The first-order valence-electron chi connectivity index (χ1n) is 5.77. The van der Waals surface area contributed by atoms with Crippen molar-refractivity contribution in [3.8, 4) is 0 Å². The highest BCUT2D eigenvalue weighted by Crippen LogP contribution is 2.41. The molecule has 0 bridgehead atoms. The van der Waals surface area contributed by atoms with E-state index in [1.165, 1.54) is 0 Å². The van der Waals surface area contributed by atoms with Crippen molar-refractivity contribution in [3.05, 3.63) is 0 Å². The molecule has 1 amide bonds. The van der Waals surface area contributed by atoms with Crippen molar-refractivity contribution in [3.63, 3.8) is 0 Å². The summed E-state index contributed by atoms with van der Waals surface area (Å²) in [4.78, 5) is 20.7. The second kappa shape index (κ2) is 7.10. The molecule has 1 rings (SSSR count). The number of hydrogen-bond acceptors (Lipinski definition) is 6. The van der Waals surface area contributed by atoms with Crippen molar-refractivity contribution in [1.82, 2.24) is 5.32 Å². The molecule has 0 saturated carbocycles. The van der Waals surface area contributed by atoms with Crippen LogP contribution in [0.3, 0.4) is 0 Å². The Labute approximate surface area is 118 Å². The molecule has 108 valence electrons. The van der Waals surface area contributed by atoms with Crippen LogP contribution in [0.1, 0.15) is 6.42 Å². The van der Waals surface area contributed by atoms with Gasteiger partial charge in [0.1, 0.15) is 14.0 Å². The fraction of sp³-hybridized carbons (Fsp3) is 0.889. The Morgan fingerprint density at radius 2 is 2.42 bits per heavy atom. The zero-order valence-electron chi connectivity index (χ0n) is 10.6. The van der Waals surface area contributed by atoms with Crippen molar-refractivity contribution in [2.24, 2.45) is 5.73 Å². The molecule has 0 spiro atoms. The standard InChI is InChI=1S/C9H18BN2O5PS/c1-18(14,15)17-6-2-8(10)16-7(6)3-12-9(13)5(11)4-19/h5-8,19H,2-4,11H2,1H3,(H,12,13)(H,14,15). The molecule has 0 aliphatic carbocycles. The molecule has 1 aliphatic rings. The van der Waals surface area contributed by atoms with E-state index in [0.717, 1.165) is 6.66 Å². The normalized spacial score (nSPS) is 31.7. The molecule has 5 atom stereocenters. The van der Waals surface area contributed by atoms with Gasteiger partial charge in [-0.25, -0.2) is 0 Å². The van der Waals surface area contributed by atoms with E-state index < -0.39 is 31.8 Å². The molecule has 7 nitrogen and oxygen atoms in total. The third-order valence-electron chi connectivity index (χ3n) is 2.57. The Bertz CT molecular complexity index is 369. The number of thiol groups is 1. The van der Waals surface area contributed by atoms with E-state index in [1.54, 1.807) is 0 Å². The fourth-order valence-corrected chi connectivity index (χ4v) is 2.60. The van der Waals surface area contributed by atoms with E-state index >= 15 is 0 Å². The molecule has 0 aromatic rings. The lowest BCUT2D eigenvalue weighted by Gasteiger charge is -2.21. The van der Waals surface area contributed by atoms with Crippen molar-refractivity contribution in [2.45, 2.75) is 30.7 Å². The number of carbonyl (C=O) groups is 1. The van der Waals surface area contributed by atoms with Gasteiger partial charge in [0.05, 0.1) is 12.1 Å². The minimum Gasteiger partial charge on any atom is -0.380 e. The monoisotopic (exact) mass is 308 g/mol. The van der Waals surface area contributed by atoms with E-state index in [-0.39, 0.29) is 24.6 Å². The van der Waals surface area contributed by atoms with Crippen LogP contribution in [0, 0.1) is 0 Å². The summed E-state index contributed by atoms with van der Waals surface area (Å²) < 4.78 is 21.6. The summed E-state index contributed by atoms with van der Waals surface area (Å²) in [5.74, 6) is -0.154. The second-order valence-electron chi connectivity index (χ2n) is 4.43. The second-order valence-corrected chi connectivity index (χ2v) is 6.61. The van der Waals surface area contributed by atoms with Crippen LogP contribution >= 0.6 is 20.2 Å². The Balaban J connectivity index is 2.50. The summed E-state index contributed by atoms with van der Waals surface area (Å²) in [7, 11) is 1.97. The molecule has 1 saturated heterocycles. The fourth-order valence-electron chi connectivity index (χ4n) is 1.71. The van der Waals surface area contributed by atoms with Gasteiger partial charge >= 0.3 is 7.60 Å². The number of hydrogen-bond donors (Lipinski definition) is 4. The van der Waals surface area contributed by atoms with Crippen LogP contribution in [0.25, 0.3) is 0 Å². The zero-order chi connectivity index (χ0) is 14.6. The van der Waals surface area contributed by atoms with E-state index in [1.807, 2.05) is 0 Å². The third kappa shape index (κ3) is 5.85. The highest BCUT2D eigenvalue weighted by atomic mass is 32.1. The van der Waals surface area contributed by atoms with E-state index in [9.17, 15) is 14.3 Å². The van der Waals surface area contributed by atoms with Crippen LogP contribution in [0.4, 0.5) is 0 Å². The largest absolute Gasteiger partial charge is 0.380 e. The quantitative estimate of drug-likeness (QED) is 0.280. The Morgan fingerprint density at radius 3 is 2.95 bits per heavy atom. The number of amides is 1. The molecule has 4 N–H and O–H groups in total. The van der Waals surface area contributed by atoms with Gasteiger partial charge in [0.25, 0.3) is 0 Å². The summed E-state index contributed by atoms with van der Waals surface area (Å²) >= 11 is 3.91. The van der Waals surface area contributed by atoms with Crippen LogP contribution in [0.2, 0.25) is 0 Å². The molecule has 5 unspecified atom stereocenters. The molecule has 2 radical (unpaired) electrons. The summed E-state index contributed by atoms with van der Waals surface area (Å²) in [6, 6.07) is -1.30. The van der Waals surface area contributed by atoms with Gasteiger partial charge in [-0.2, -0.15) is 12.6 Å². The Morgan fingerprint density at radius 1 is 1.79 bits per heavy atom. The van der Waals surface area contributed by atoms with Crippen LogP contribution in [-0.2, 0) is 18.6 Å². The highest BCUT2D eigenvalue weighted by Gasteiger charge is 2.36. The van der Waals surface area contributed by atoms with Crippen molar-refractivity contribution < 1.29 is 23.5 Å². The predicted octanol–water partition coefficient (Wildman–Crippen LogP) is -1.16. The molecule has 0 aromatic heterocycles. The molecule has 19 heavy (non-hydrogen) atoms. The highest BCUT2D eigenvalue weighted by molar-refractivity contribution is 7.80. The smallest absolute Gasteiger partial charge is 0.325 e. The van der Waals surface area contributed by atoms with E-state index in [0.29, 0.717) is 0 Å². The Kier molecular flexibility index (Phi) is 6.36. The van der Waals surface area contributed by atoms with Gasteiger partial charge in [-0.1, -0.05) is 0 Å². The predicted molar refractivity (Wildman–Crippen MR) is 74.5 cm³/mol. The summed E-state index contributed by atoms with van der Waals surface area (Å²) in [6.45, 7) is 1.20.